The standard InChI is InChI=1S/C22H19N3O2S/c1-12-3-5-14(6-4-12)17-11-16(13-7-9-15(27-2)10-8-13)18-19(23)20(21(24)26)28-22(18)25-17/h3-11H,23H2,1-2H3,(H2,24,26). The van der Waals surface area contributed by atoms with Crippen molar-refractivity contribution in [3.8, 4) is 28.1 Å². The van der Waals surface area contributed by atoms with Crippen LogP contribution in [-0.4, -0.2) is 18.0 Å². The number of primary amides is 1. The van der Waals surface area contributed by atoms with E-state index in [1.54, 1.807) is 7.11 Å². The molecule has 140 valence electrons. The molecule has 0 saturated heterocycles. The fourth-order valence-corrected chi connectivity index (χ4v) is 4.15. The first-order valence-electron chi connectivity index (χ1n) is 8.72. The molecule has 1 amide bonds. The van der Waals surface area contributed by atoms with Crippen LogP contribution >= 0.6 is 11.3 Å². The Bertz CT molecular complexity index is 1180. The highest BCUT2D eigenvalue weighted by Gasteiger charge is 2.20. The zero-order valence-corrected chi connectivity index (χ0v) is 16.3. The van der Waals surface area contributed by atoms with Crippen molar-refractivity contribution in [2.24, 2.45) is 5.73 Å². The van der Waals surface area contributed by atoms with Crippen LogP contribution in [0.15, 0.2) is 54.6 Å². The third-order valence-electron chi connectivity index (χ3n) is 4.67. The van der Waals surface area contributed by atoms with Crippen molar-refractivity contribution in [2.45, 2.75) is 6.92 Å². The van der Waals surface area contributed by atoms with Gasteiger partial charge in [-0.1, -0.05) is 42.0 Å². The number of hydrogen-bond donors (Lipinski definition) is 2. The lowest BCUT2D eigenvalue weighted by Crippen LogP contribution is -2.10. The Morgan fingerprint density at radius 3 is 2.29 bits per heavy atom. The summed E-state index contributed by atoms with van der Waals surface area (Å²) in [5.74, 6) is 0.224. The summed E-state index contributed by atoms with van der Waals surface area (Å²) >= 11 is 1.23. The summed E-state index contributed by atoms with van der Waals surface area (Å²) in [5.41, 5.74) is 17.0. The third kappa shape index (κ3) is 3.08. The third-order valence-corrected chi connectivity index (χ3v) is 5.79. The van der Waals surface area contributed by atoms with Crippen molar-refractivity contribution in [3.05, 3.63) is 65.0 Å². The first-order chi connectivity index (χ1) is 13.5. The topological polar surface area (TPSA) is 91.2 Å². The molecule has 0 radical (unpaired) electrons. The number of benzene rings is 2. The Morgan fingerprint density at radius 1 is 1.04 bits per heavy atom. The van der Waals surface area contributed by atoms with Crippen molar-refractivity contribution in [1.29, 1.82) is 0 Å². The first kappa shape index (κ1) is 18.0. The monoisotopic (exact) mass is 389 g/mol. The van der Waals surface area contributed by atoms with Gasteiger partial charge in [0.1, 0.15) is 15.5 Å². The minimum atomic E-state index is -0.543. The molecule has 0 unspecified atom stereocenters. The van der Waals surface area contributed by atoms with Gasteiger partial charge in [-0.05, 0) is 36.2 Å². The number of pyridine rings is 1. The van der Waals surface area contributed by atoms with Crippen LogP contribution < -0.4 is 16.2 Å². The quantitative estimate of drug-likeness (QED) is 0.532. The van der Waals surface area contributed by atoms with Gasteiger partial charge in [0.05, 0.1) is 18.5 Å². The van der Waals surface area contributed by atoms with E-state index in [0.29, 0.717) is 15.4 Å². The number of anilines is 1. The van der Waals surface area contributed by atoms with Gasteiger partial charge in [-0.2, -0.15) is 0 Å². The molecule has 0 atom stereocenters. The molecule has 0 aliphatic carbocycles. The van der Waals surface area contributed by atoms with E-state index in [-0.39, 0.29) is 0 Å². The summed E-state index contributed by atoms with van der Waals surface area (Å²) < 4.78 is 5.26. The molecular formula is C22H19N3O2S. The Hall–Kier alpha value is -3.38. The van der Waals surface area contributed by atoms with Gasteiger partial charge in [0.2, 0.25) is 0 Å². The zero-order chi connectivity index (χ0) is 19.8. The molecule has 0 aliphatic heterocycles. The molecule has 4 N–H and O–H groups in total. The first-order valence-corrected chi connectivity index (χ1v) is 9.54. The van der Waals surface area contributed by atoms with Gasteiger partial charge in [0.25, 0.3) is 5.91 Å². The maximum atomic E-state index is 11.8. The molecule has 0 saturated carbocycles. The fourth-order valence-electron chi connectivity index (χ4n) is 3.17. The molecule has 2 aromatic carbocycles. The minimum Gasteiger partial charge on any atom is -0.497 e. The lowest BCUT2D eigenvalue weighted by atomic mass is 9.99. The number of nitrogens with zero attached hydrogens (tertiary/aromatic N) is 1. The molecule has 0 fully saturated rings. The number of nitrogen functional groups attached to an aromatic ring is 1. The maximum Gasteiger partial charge on any atom is 0.260 e. The van der Waals surface area contributed by atoms with Gasteiger partial charge >= 0.3 is 0 Å². The average molecular weight is 389 g/mol. The van der Waals surface area contributed by atoms with Gasteiger partial charge in [-0.3, -0.25) is 4.79 Å². The number of amides is 1. The molecule has 4 aromatic rings. The predicted molar refractivity (Wildman–Crippen MR) is 115 cm³/mol. The number of carbonyl (C=O) groups is 1. The predicted octanol–water partition coefficient (Wildman–Crippen LogP) is 4.63. The van der Waals surface area contributed by atoms with Crippen LogP contribution in [0.4, 0.5) is 5.69 Å². The van der Waals surface area contributed by atoms with E-state index in [1.165, 1.54) is 16.9 Å². The number of methoxy groups -OCH3 is 1. The normalized spacial score (nSPS) is 10.9. The smallest absolute Gasteiger partial charge is 0.260 e. The summed E-state index contributed by atoms with van der Waals surface area (Å²) in [6, 6.07) is 17.9. The minimum absolute atomic E-state index is 0.332. The highest BCUT2D eigenvalue weighted by Crippen LogP contribution is 2.41. The summed E-state index contributed by atoms with van der Waals surface area (Å²) in [6.07, 6.45) is 0. The lowest BCUT2D eigenvalue weighted by Gasteiger charge is -2.10. The van der Waals surface area contributed by atoms with E-state index >= 15 is 0 Å². The van der Waals surface area contributed by atoms with E-state index in [4.69, 9.17) is 21.2 Å². The highest BCUT2D eigenvalue weighted by atomic mass is 32.1. The van der Waals surface area contributed by atoms with Crippen LogP contribution in [0.1, 0.15) is 15.2 Å². The van der Waals surface area contributed by atoms with E-state index in [0.717, 1.165) is 33.5 Å². The van der Waals surface area contributed by atoms with Crippen LogP contribution in [0.2, 0.25) is 0 Å². The van der Waals surface area contributed by atoms with E-state index in [2.05, 4.69) is 0 Å². The number of rotatable bonds is 4. The van der Waals surface area contributed by atoms with Crippen molar-refractivity contribution in [1.82, 2.24) is 4.98 Å². The van der Waals surface area contributed by atoms with Gasteiger partial charge in [-0.15, -0.1) is 11.3 Å². The van der Waals surface area contributed by atoms with Gasteiger partial charge in [-0.25, -0.2) is 4.98 Å². The van der Waals surface area contributed by atoms with Crippen LogP contribution in [0, 0.1) is 6.92 Å². The number of hydrogen-bond acceptors (Lipinski definition) is 5. The molecular weight excluding hydrogens is 370 g/mol. The van der Waals surface area contributed by atoms with Crippen LogP contribution in [-0.2, 0) is 0 Å². The maximum absolute atomic E-state index is 11.8. The molecule has 5 nitrogen and oxygen atoms in total. The number of thiophene rings is 1. The highest BCUT2D eigenvalue weighted by molar-refractivity contribution is 7.21. The van der Waals surface area contributed by atoms with Gasteiger partial charge < -0.3 is 16.2 Å². The molecule has 6 heteroatoms. The lowest BCUT2D eigenvalue weighted by molar-refractivity contribution is 0.100. The number of aromatic nitrogens is 1. The Balaban J connectivity index is 2.00. The number of fused-ring (bicyclic) bond motifs is 1. The molecule has 2 aromatic heterocycles. The number of aryl methyl sites for hydroxylation is 1. The summed E-state index contributed by atoms with van der Waals surface area (Å²) in [5, 5.41) is 0.750. The molecule has 28 heavy (non-hydrogen) atoms. The van der Waals surface area contributed by atoms with Crippen LogP contribution in [0.25, 0.3) is 32.6 Å². The molecule has 0 spiro atoms. The van der Waals surface area contributed by atoms with Crippen LogP contribution in [0.5, 0.6) is 5.75 Å². The number of ether oxygens (including phenoxy) is 1. The fraction of sp³-hybridized carbons (Fsp3) is 0.0909. The summed E-state index contributed by atoms with van der Waals surface area (Å²) in [4.78, 5) is 17.6. The van der Waals surface area contributed by atoms with Crippen molar-refractivity contribution in [2.75, 3.05) is 12.8 Å². The van der Waals surface area contributed by atoms with E-state index in [9.17, 15) is 4.79 Å². The van der Waals surface area contributed by atoms with Crippen molar-refractivity contribution >= 4 is 33.1 Å². The average Bonchev–Trinajstić information content (AvgIpc) is 3.05. The van der Waals surface area contributed by atoms with Crippen LogP contribution in [0.3, 0.4) is 0 Å². The second-order valence-corrected chi connectivity index (χ2v) is 7.54. The number of carbonyl (C=O) groups excluding carboxylic acids is 1. The SMILES string of the molecule is COc1ccc(-c2cc(-c3ccc(C)cc3)nc3sc(C(N)=O)c(N)c23)cc1. The molecule has 4 rings (SSSR count). The van der Waals surface area contributed by atoms with Gasteiger partial charge in [0.15, 0.2) is 0 Å². The molecule has 0 bridgehead atoms. The second-order valence-electron chi connectivity index (χ2n) is 6.54. The van der Waals surface area contributed by atoms with Gasteiger partial charge in [0, 0.05) is 10.9 Å². The Kier molecular flexibility index (Phi) is 4.49. The second kappa shape index (κ2) is 6.98. The Labute approximate surface area is 166 Å². The molecule has 0 aliphatic rings. The summed E-state index contributed by atoms with van der Waals surface area (Å²) in [6.45, 7) is 2.04. The summed E-state index contributed by atoms with van der Waals surface area (Å²) in [7, 11) is 1.63. The van der Waals surface area contributed by atoms with E-state index in [1.807, 2.05) is 61.5 Å². The largest absolute Gasteiger partial charge is 0.497 e. The number of nitrogens with two attached hydrogens (primary N) is 2. The van der Waals surface area contributed by atoms with Crippen molar-refractivity contribution in [3.63, 3.8) is 0 Å². The Morgan fingerprint density at radius 2 is 1.68 bits per heavy atom. The molecule has 2 heterocycles. The van der Waals surface area contributed by atoms with E-state index < -0.39 is 5.91 Å². The van der Waals surface area contributed by atoms with Crippen molar-refractivity contribution < 1.29 is 9.53 Å². The zero-order valence-electron chi connectivity index (χ0n) is 15.5.